The first-order valence-electron chi connectivity index (χ1n) is 33.1. The first-order chi connectivity index (χ1) is 36.0. The monoisotopic (exact) mass is 1030 g/mol. The van der Waals surface area contributed by atoms with Gasteiger partial charge in [-0.1, -0.05) is 321 Å². The first-order valence-corrected chi connectivity index (χ1v) is 33.1. The van der Waals surface area contributed by atoms with Crippen LogP contribution in [0.4, 0.5) is 0 Å². The number of carbonyl (C=O) groups is 2. The summed E-state index contributed by atoms with van der Waals surface area (Å²) in [5.74, 6) is -0.0257. The Morgan fingerprint density at radius 1 is 0.384 bits per heavy atom. The Morgan fingerprint density at radius 3 is 1.05 bits per heavy atom. The zero-order chi connectivity index (χ0) is 52.9. The average Bonchev–Trinajstić information content (AvgIpc) is 3.39. The van der Waals surface area contributed by atoms with E-state index in [2.05, 4.69) is 43.5 Å². The summed E-state index contributed by atoms with van der Waals surface area (Å²) in [5.41, 5.74) is 0. The van der Waals surface area contributed by atoms with Crippen LogP contribution < -0.4 is 5.32 Å². The van der Waals surface area contributed by atoms with Gasteiger partial charge in [0, 0.05) is 12.8 Å². The van der Waals surface area contributed by atoms with Gasteiger partial charge < -0.3 is 20.3 Å². The number of nitrogens with one attached hydrogen (secondary N) is 1. The van der Waals surface area contributed by atoms with Gasteiger partial charge in [-0.2, -0.15) is 0 Å². The lowest BCUT2D eigenvalue weighted by atomic mass is 10.0. The molecule has 73 heavy (non-hydrogen) atoms. The second-order valence-electron chi connectivity index (χ2n) is 22.8. The number of esters is 1. The van der Waals surface area contributed by atoms with Crippen molar-refractivity contribution in [2.45, 2.75) is 379 Å². The van der Waals surface area contributed by atoms with E-state index < -0.39 is 12.1 Å². The standard InChI is InChI=1S/C67H129NO5/c1-3-5-7-9-11-13-15-17-18-33-37-41-45-49-53-57-61-67(72)73-62-58-54-50-46-42-38-34-31-29-27-25-23-21-19-20-22-24-26-28-30-32-36-40-44-48-52-56-60-66(71)68-64(63-69)65(70)59-55-51-47-43-39-35-16-14-12-10-8-6-4-2/h13,15,18,33,64-65,69-70H,3-12,14,16-17,19-32,34-63H2,1-2H3,(H,68,71)/b15-13-,33-18-. The molecule has 0 aliphatic heterocycles. The van der Waals surface area contributed by atoms with Crippen molar-refractivity contribution < 1.29 is 24.5 Å². The van der Waals surface area contributed by atoms with Crippen molar-refractivity contribution in [2.75, 3.05) is 13.2 Å². The molecule has 6 heteroatoms. The molecule has 0 aromatic heterocycles. The Morgan fingerprint density at radius 2 is 0.685 bits per heavy atom. The van der Waals surface area contributed by atoms with Gasteiger partial charge in [0.2, 0.25) is 5.91 Å². The highest BCUT2D eigenvalue weighted by molar-refractivity contribution is 5.76. The fourth-order valence-corrected chi connectivity index (χ4v) is 10.4. The summed E-state index contributed by atoms with van der Waals surface area (Å²) in [6, 6.07) is -0.538. The van der Waals surface area contributed by atoms with Gasteiger partial charge in [-0.15, -0.1) is 0 Å². The maximum Gasteiger partial charge on any atom is 0.305 e. The number of amides is 1. The summed E-state index contributed by atoms with van der Waals surface area (Å²) in [7, 11) is 0. The number of hydrogen-bond acceptors (Lipinski definition) is 5. The highest BCUT2D eigenvalue weighted by atomic mass is 16.5. The molecular weight excluding hydrogens is 899 g/mol. The molecule has 0 radical (unpaired) electrons. The van der Waals surface area contributed by atoms with E-state index in [0.717, 1.165) is 51.4 Å². The smallest absolute Gasteiger partial charge is 0.305 e. The van der Waals surface area contributed by atoms with E-state index in [0.29, 0.717) is 25.9 Å². The third kappa shape index (κ3) is 59.4. The van der Waals surface area contributed by atoms with Gasteiger partial charge in [0.05, 0.1) is 25.4 Å². The summed E-state index contributed by atoms with van der Waals surface area (Å²) in [6.45, 7) is 4.95. The minimum atomic E-state index is -0.661. The molecule has 0 aliphatic rings. The van der Waals surface area contributed by atoms with E-state index in [9.17, 15) is 19.8 Å². The Hall–Kier alpha value is -1.66. The summed E-state index contributed by atoms with van der Waals surface area (Å²) < 4.78 is 5.49. The number of rotatable bonds is 62. The highest BCUT2D eigenvalue weighted by Gasteiger charge is 2.20. The second kappa shape index (κ2) is 62.9. The van der Waals surface area contributed by atoms with E-state index in [1.807, 2.05) is 0 Å². The summed E-state index contributed by atoms with van der Waals surface area (Å²) in [4.78, 5) is 24.5. The molecule has 0 rings (SSSR count). The Balaban J connectivity index is 3.33. The predicted octanol–water partition coefficient (Wildman–Crippen LogP) is 21.0. The van der Waals surface area contributed by atoms with E-state index in [1.165, 1.54) is 283 Å². The van der Waals surface area contributed by atoms with Crippen LogP contribution in [-0.4, -0.2) is 47.4 Å². The number of carbonyl (C=O) groups excluding carboxylic acids is 2. The van der Waals surface area contributed by atoms with Crippen LogP contribution in [0.15, 0.2) is 24.3 Å². The summed E-state index contributed by atoms with van der Waals surface area (Å²) in [6.07, 6.45) is 77.8. The largest absolute Gasteiger partial charge is 0.466 e. The molecule has 0 aromatic rings. The molecule has 2 atom stereocenters. The lowest BCUT2D eigenvalue weighted by molar-refractivity contribution is -0.143. The lowest BCUT2D eigenvalue weighted by Gasteiger charge is -2.22. The Bertz CT molecular complexity index is 1140. The van der Waals surface area contributed by atoms with Gasteiger partial charge in [0.25, 0.3) is 0 Å². The Labute approximate surface area is 456 Å². The molecule has 0 aromatic carbocycles. The van der Waals surface area contributed by atoms with Crippen LogP contribution in [0.2, 0.25) is 0 Å². The molecule has 2 unspecified atom stereocenters. The van der Waals surface area contributed by atoms with Crippen molar-refractivity contribution in [1.82, 2.24) is 5.32 Å². The van der Waals surface area contributed by atoms with E-state index >= 15 is 0 Å². The first kappa shape index (κ1) is 71.3. The van der Waals surface area contributed by atoms with Crippen LogP contribution in [-0.2, 0) is 14.3 Å². The highest BCUT2D eigenvalue weighted by Crippen LogP contribution is 2.18. The van der Waals surface area contributed by atoms with Crippen molar-refractivity contribution in [1.29, 1.82) is 0 Å². The fourth-order valence-electron chi connectivity index (χ4n) is 10.4. The third-order valence-electron chi connectivity index (χ3n) is 15.5. The zero-order valence-electron chi connectivity index (χ0n) is 49.4. The van der Waals surface area contributed by atoms with Gasteiger partial charge in [-0.25, -0.2) is 0 Å². The van der Waals surface area contributed by atoms with Gasteiger partial charge >= 0.3 is 5.97 Å². The van der Waals surface area contributed by atoms with Crippen LogP contribution in [0, 0.1) is 0 Å². The van der Waals surface area contributed by atoms with Crippen LogP contribution in [0.1, 0.15) is 367 Å². The van der Waals surface area contributed by atoms with Gasteiger partial charge in [0.15, 0.2) is 0 Å². The van der Waals surface area contributed by atoms with Gasteiger partial charge in [0.1, 0.15) is 0 Å². The minimum absolute atomic E-state index is 0.00503. The molecule has 0 heterocycles. The maximum absolute atomic E-state index is 12.5. The lowest BCUT2D eigenvalue weighted by Crippen LogP contribution is -2.45. The minimum Gasteiger partial charge on any atom is -0.466 e. The van der Waals surface area contributed by atoms with Crippen molar-refractivity contribution >= 4 is 11.9 Å². The number of ether oxygens (including phenoxy) is 1. The van der Waals surface area contributed by atoms with Gasteiger partial charge in [-0.3, -0.25) is 9.59 Å². The van der Waals surface area contributed by atoms with E-state index in [1.54, 1.807) is 0 Å². The van der Waals surface area contributed by atoms with E-state index in [-0.39, 0.29) is 18.5 Å². The normalized spacial score (nSPS) is 12.7. The predicted molar refractivity (Wildman–Crippen MR) is 320 cm³/mol. The quantitative estimate of drug-likeness (QED) is 0.0320. The van der Waals surface area contributed by atoms with Gasteiger partial charge in [-0.05, 0) is 57.8 Å². The molecular formula is C67H129NO5. The zero-order valence-corrected chi connectivity index (χ0v) is 49.4. The molecule has 3 N–H and O–H groups in total. The number of allylic oxidation sites excluding steroid dienone is 4. The van der Waals surface area contributed by atoms with Crippen LogP contribution in [0.3, 0.4) is 0 Å². The van der Waals surface area contributed by atoms with E-state index in [4.69, 9.17) is 4.74 Å². The molecule has 6 nitrogen and oxygen atoms in total. The SMILES string of the molecule is CCCCCC/C=C\C/C=C\CCCCCCCC(=O)OCCCCCCCCCCCCCCCCCCCCCCCCCCCCCC(=O)NC(CO)C(O)CCCCCCCCCCCCCCC. The Kier molecular flexibility index (Phi) is 61.4. The summed E-state index contributed by atoms with van der Waals surface area (Å²) in [5, 5.41) is 23.3. The molecule has 0 fully saturated rings. The van der Waals surface area contributed by atoms with Crippen LogP contribution in [0.5, 0.6) is 0 Å². The van der Waals surface area contributed by atoms with Crippen molar-refractivity contribution in [3.63, 3.8) is 0 Å². The van der Waals surface area contributed by atoms with Crippen molar-refractivity contribution in [3.05, 3.63) is 24.3 Å². The number of aliphatic hydroxyl groups excluding tert-OH is 2. The number of unbranched alkanes of at least 4 members (excludes halogenated alkanes) is 47. The molecule has 1 amide bonds. The fraction of sp³-hybridized carbons (Fsp3) is 0.910. The molecule has 0 saturated carbocycles. The molecule has 0 spiro atoms. The molecule has 0 saturated heterocycles. The molecule has 432 valence electrons. The average molecular weight is 1030 g/mol. The topological polar surface area (TPSA) is 95.9 Å². The third-order valence-corrected chi connectivity index (χ3v) is 15.5. The number of aliphatic hydroxyl groups is 2. The van der Waals surface area contributed by atoms with Crippen LogP contribution in [0.25, 0.3) is 0 Å². The molecule has 0 bridgehead atoms. The summed E-state index contributed by atoms with van der Waals surface area (Å²) >= 11 is 0. The van der Waals surface area contributed by atoms with Crippen molar-refractivity contribution in [3.8, 4) is 0 Å². The molecule has 0 aliphatic carbocycles. The second-order valence-corrected chi connectivity index (χ2v) is 22.8. The number of hydrogen-bond donors (Lipinski definition) is 3. The van der Waals surface area contributed by atoms with Crippen molar-refractivity contribution in [2.24, 2.45) is 0 Å². The van der Waals surface area contributed by atoms with Crippen LogP contribution >= 0.6 is 0 Å². The maximum atomic E-state index is 12.5.